The predicted molar refractivity (Wildman–Crippen MR) is 59.0 cm³/mol. The molecule has 74 valence electrons. The molecule has 0 fully saturated rings. The van der Waals surface area contributed by atoms with Crippen LogP contribution in [0.3, 0.4) is 0 Å². The van der Waals surface area contributed by atoms with Crippen LogP contribution in [0.4, 0.5) is 0 Å². The van der Waals surface area contributed by atoms with Crippen molar-refractivity contribution in [2.24, 2.45) is 0 Å². The van der Waals surface area contributed by atoms with Crippen molar-refractivity contribution >= 4 is 39.6 Å². The van der Waals surface area contributed by atoms with E-state index in [2.05, 4.69) is 15.9 Å². The zero-order chi connectivity index (χ0) is 10.6. The minimum Gasteiger partial charge on any atom is -0.298 e. The van der Waals surface area contributed by atoms with Crippen molar-refractivity contribution in [1.29, 1.82) is 0 Å². The molecule has 1 aromatic carbocycles. The summed E-state index contributed by atoms with van der Waals surface area (Å²) in [7, 11) is 0. The molecule has 0 N–H and O–H groups in total. The molecule has 0 atom stereocenters. The van der Waals surface area contributed by atoms with E-state index in [-0.39, 0.29) is 18.1 Å². The summed E-state index contributed by atoms with van der Waals surface area (Å²) in [6, 6.07) is 5.18. The molecular formula is C10H8BrClO2. The number of halogens is 2. The zero-order valence-corrected chi connectivity index (χ0v) is 9.64. The summed E-state index contributed by atoms with van der Waals surface area (Å²) in [6.07, 6.45) is 1.02. The van der Waals surface area contributed by atoms with Crippen LogP contribution in [-0.2, 0) is 11.2 Å². The highest BCUT2D eigenvalue weighted by atomic mass is 79.9. The van der Waals surface area contributed by atoms with Crippen LogP contribution in [0.1, 0.15) is 15.9 Å². The molecule has 2 nitrogen and oxygen atoms in total. The van der Waals surface area contributed by atoms with Crippen molar-refractivity contribution in [2.45, 2.75) is 6.42 Å². The highest BCUT2D eigenvalue weighted by Crippen LogP contribution is 2.15. The van der Waals surface area contributed by atoms with E-state index in [1.165, 1.54) is 0 Å². The normalized spacial score (nSPS) is 9.86. The zero-order valence-electron chi connectivity index (χ0n) is 7.30. The average Bonchev–Trinajstić information content (AvgIpc) is 2.16. The lowest BCUT2D eigenvalue weighted by molar-refractivity contribution is -0.116. The molecule has 1 rings (SSSR count). The van der Waals surface area contributed by atoms with Crippen LogP contribution >= 0.6 is 27.5 Å². The summed E-state index contributed by atoms with van der Waals surface area (Å²) in [5, 5.41) is 0. The summed E-state index contributed by atoms with van der Waals surface area (Å²) < 4.78 is 0.791. The monoisotopic (exact) mass is 274 g/mol. The average molecular weight is 276 g/mol. The molecule has 0 aromatic heterocycles. The van der Waals surface area contributed by atoms with Gasteiger partial charge in [0.05, 0.1) is 5.88 Å². The quantitative estimate of drug-likeness (QED) is 0.625. The van der Waals surface area contributed by atoms with Gasteiger partial charge in [-0.15, -0.1) is 11.6 Å². The van der Waals surface area contributed by atoms with E-state index in [9.17, 15) is 9.59 Å². The summed E-state index contributed by atoms with van der Waals surface area (Å²) >= 11 is 8.65. The molecule has 1 aromatic rings. The molecule has 0 aliphatic carbocycles. The van der Waals surface area contributed by atoms with Crippen molar-refractivity contribution < 1.29 is 9.59 Å². The van der Waals surface area contributed by atoms with Gasteiger partial charge in [-0.2, -0.15) is 0 Å². The maximum Gasteiger partial charge on any atom is 0.151 e. The summed E-state index contributed by atoms with van der Waals surface area (Å²) in [5.74, 6) is -0.0511. The van der Waals surface area contributed by atoms with E-state index in [0.29, 0.717) is 5.56 Å². The highest BCUT2D eigenvalue weighted by Gasteiger charge is 2.04. The van der Waals surface area contributed by atoms with Gasteiger partial charge in [0.25, 0.3) is 0 Å². The molecule has 0 amide bonds. The number of benzene rings is 1. The molecule has 0 unspecified atom stereocenters. The fourth-order valence-electron chi connectivity index (χ4n) is 1.12. The molecule has 0 heterocycles. The SMILES string of the molecule is O=Cc1cc(Br)cc(CC(=O)CCl)c1. The first-order chi connectivity index (χ1) is 6.65. The van der Waals surface area contributed by atoms with Crippen LogP contribution in [0, 0.1) is 0 Å². The molecule has 0 saturated carbocycles. The van der Waals surface area contributed by atoms with Gasteiger partial charge >= 0.3 is 0 Å². The molecule has 14 heavy (non-hydrogen) atoms. The predicted octanol–water partition coefficient (Wildman–Crippen LogP) is 2.61. The van der Waals surface area contributed by atoms with Gasteiger partial charge in [0.1, 0.15) is 6.29 Å². The molecule has 0 spiro atoms. The molecule has 0 bridgehead atoms. The van der Waals surface area contributed by atoms with E-state index >= 15 is 0 Å². The third kappa shape index (κ3) is 3.24. The van der Waals surface area contributed by atoms with Crippen molar-refractivity contribution in [2.75, 3.05) is 5.88 Å². The third-order valence-electron chi connectivity index (χ3n) is 1.67. The smallest absolute Gasteiger partial charge is 0.151 e. The van der Waals surface area contributed by atoms with Crippen LogP contribution < -0.4 is 0 Å². The van der Waals surface area contributed by atoms with Crippen LogP contribution in [0.15, 0.2) is 22.7 Å². The number of carbonyl (C=O) groups is 2. The third-order valence-corrected chi connectivity index (χ3v) is 2.42. The van der Waals surface area contributed by atoms with E-state index < -0.39 is 0 Å². The fourth-order valence-corrected chi connectivity index (χ4v) is 1.77. The van der Waals surface area contributed by atoms with Gasteiger partial charge in [0.15, 0.2) is 5.78 Å². The van der Waals surface area contributed by atoms with Crippen molar-refractivity contribution in [3.05, 3.63) is 33.8 Å². The Morgan fingerprint density at radius 2 is 2.14 bits per heavy atom. The van der Waals surface area contributed by atoms with Gasteiger partial charge in [-0.25, -0.2) is 0 Å². The first kappa shape index (κ1) is 11.4. The molecule has 4 heteroatoms. The number of hydrogen-bond acceptors (Lipinski definition) is 2. The number of carbonyl (C=O) groups excluding carboxylic acids is 2. The van der Waals surface area contributed by atoms with Gasteiger partial charge in [0, 0.05) is 16.5 Å². The van der Waals surface area contributed by atoms with Crippen LogP contribution in [0.2, 0.25) is 0 Å². The van der Waals surface area contributed by atoms with E-state index in [1.54, 1.807) is 18.2 Å². The lowest BCUT2D eigenvalue weighted by Crippen LogP contribution is -2.04. The Balaban J connectivity index is 2.91. The maximum absolute atomic E-state index is 11.1. The Morgan fingerprint density at radius 1 is 1.43 bits per heavy atom. The second kappa shape index (κ2) is 5.27. The minimum absolute atomic E-state index is 0.00291. The van der Waals surface area contributed by atoms with Gasteiger partial charge < -0.3 is 0 Å². The van der Waals surface area contributed by atoms with Crippen LogP contribution in [0.25, 0.3) is 0 Å². The number of aldehydes is 1. The molecule has 0 aliphatic rings. The van der Waals surface area contributed by atoms with Gasteiger partial charge in [-0.05, 0) is 23.8 Å². The van der Waals surface area contributed by atoms with Gasteiger partial charge in [-0.1, -0.05) is 15.9 Å². The lowest BCUT2D eigenvalue weighted by atomic mass is 10.1. The summed E-state index contributed by atoms with van der Waals surface area (Å²) in [5.41, 5.74) is 1.35. The molecule has 0 saturated heterocycles. The van der Waals surface area contributed by atoms with Crippen molar-refractivity contribution in [1.82, 2.24) is 0 Å². The first-order valence-corrected chi connectivity index (χ1v) is 5.30. The Bertz CT molecular complexity index is 363. The molecule has 0 aliphatic heterocycles. The Hall–Kier alpha value is -0.670. The van der Waals surface area contributed by atoms with E-state index in [4.69, 9.17) is 11.6 Å². The van der Waals surface area contributed by atoms with Gasteiger partial charge in [-0.3, -0.25) is 9.59 Å². The summed E-state index contributed by atoms with van der Waals surface area (Å²) in [6.45, 7) is 0. The maximum atomic E-state index is 11.1. The number of ketones is 1. The number of alkyl halides is 1. The number of Topliss-reactive ketones (excluding diaryl/α,β-unsaturated/α-hetero) is 1. The molecule has 0 radical (unpaired) electrons. The van der Waals surface area contributed by atoms with E-state index in [1.807, 2.05) is 0 Å². The highest BCUT2D eigenvalue weighted by molar-refractivity contribution is 9.10. The fraction of sp³-hybridized carbons (Fsp3) is 0.200. The standard InChI is InChI=1S/C10H8BrClO2/c11-9-2-7(4-10(14)5-12)1-8(3-9)6-13/h1-3,6H,4-5H2. The Kier molecular flexibility index (Phi) is 4.29. The van der Waals surface area contributed by atoms with Crippen molar-refractivity contribution in [3.63, 3.8) is 0 Å². The number of hydrogen-bond donors (Lipinski definition) is 0. The topological polar surface area (TPSA) is 34.1 Å². The second-order valence-electron chi connectivity index (χ2n) is 2.86. The second-order valence-corrected chi connectivity index (χ2v) is 4.04. The van der Waals surface area contributed by atoms with Crippen LogP contribution in [-0.4, -0.2) is 17.9 Å². The molecular weight excluding hydrogens is 267 g/mol. The lowest BCUT2D eigenvalue weighted by Gasteiger charge is -2.01. The van der Waals surface area contributed by atoms with Crippen LogP contribution in [0.5, 0.6) is 0 Å². The Morgan fingerprint density at radius 3 is 2.71 bits per heavy atom. The number of rotatable bonds is 4. The Labute approximate surface area is 95.4 Å². The summed E-state index contributed by atoms with van der Waals surface area (Å²) in [4.78, 5) is 21.6. The first-order valence-electron chi connectivity index (χ1n) is 3.98. The largest absolute Gasteiger partial charge is 0.298 e. The van der Waals surface area contributed by atoms with Gasteiger partial charge in [0.2, 0.25) is 0 Å². The minimum atomic E-state index is -0.0541. The van der Waals surface area contributed by atoms with E-state index in [0.717, 1.165) is 16.3 Å². The van der Waals surface area contributed by atoms with Crippen molar-refractivity contribution in [3.8, 4) is 0 Å².